The Bertz CT molecular complexity index is 1050. The molecule has 0 aliphatic heterocycles. The molecule has 4 nitrogen and oxygen atoms in total. The Hall–Kier alpha value is -3.27. The number of imidazole rings is 1. The zero-order valence-electron chi connectivity index (χ0n) is 14.3. The summed E-state index contributed by atoms with van der Waals surface area (Å²) in [6, 6.07) is 20.4. The van der Waals surface area contributed by atoms with Crippen LogP contribution in [0.4, 0.5) is 0 Å². The van der Waals surface area contributed by atoms with E-state index in [2.05, 4.69) is 40.5 Å². The lowest BCUT2D eigenvalue weighted by Gasteiger charge is -2.01. The minimum atomic E-state index is 0.800. The van der Waals surface area contributed by atoms with Crippen molar-refractivity contribution in [2.24, 2.45) is 5.10 Å². The third kappa shape index (κ3) is 2.83. The van der Waals surface area contributed by atoms with Gasteiger partial charge in [-0.05, 0) is 19.4 Å². The van der Waals surface area contributed by atoms with Gasteiger partial charge in [-0.25, -0.2) is 0 Å². The van der Waals surface area contributed by atoms with E-state index in [0.717, 1.165) is 33.9 Å². The fraction of sp³-hybridized carbons (Fsp3) is 0.0952. The van der Waals surface area contributed by atoms with Gasteiger partial charge < -0.3 is 0 Å². The van der Waals surface area contributed by atoms with Crippen molar-refractivity contribution >= 4 is 12.0 Å². The fourth-order valence-corrected chi connectivity index (χ4v) is 2.88. The lowest BCUT2D eigenvalue weighted by molar-refractivity contribution is -0.509. The highest BCUT2D eigenvalue weighted by molar-refractivity contribution is 5.79. The van der Waals surface area contributed by atoms with Crippen LogP contribution in [0.5, 0.6) is 0 Å². The summed E-state index contributed by atoms with van der Waals surface area (Å²) in [7, 11) is 0. The van der Waals surface area contributed by atoms with E-state index in [9.17, 15) is 0 Å². The van der Waals surface area contributed by atoms with Crippen molar-refractivity contribution in [2.45, 2.75) is 13.8 Å². The predicted octanol–water partition coefficient (Wildman–Crippen LogP) is 3.79. The first-order valence-corrected chi connectivity index (χ1v) is 8.28. The molecule has 0 amide bonds. The molecule has 0 aliphatic carbocycles. The first kappa shape index (κ1) is 15.3. The van der Waals surface area contributed by atoms with E-state index in [1.54, 1.807) is 0 Å². The number of fused-ring (bicyclic) bond motifs is 1. The van der Waals surface area contributed by atoms with E-state index < -0.39 is 0 Å². The van der Waals surface area contributed by atoms with E-state index in [0.29, 0.717) is 0 Å². The summed E-state index contributed by atoms with van der Waals surface area (Å²) in [5.41, 5.74) is 5.59. The van der Waals surface area contributed by atoms with Crippen molar-refractivity contribution in [3.05, 3.63) is 89.9 Å². The summed E-state index contributed by atoms with van der Waals surface area (Å²) in [5, 5.41) is 4.63. The lowest BCUT2D eigenvalue weighted by atomic mass is 10.1. The van der Waals surface area contributed by atoms with Gasteiger partial charge in [0.1, 0.15) is 18.1 Å². The number of hydrogen-bond donors (Lipinski definition) is 0. The first-order valence-electron chi connectivity index (χ1n) is 8.28. The fourth-order valence-electron chi connectivity index (χ4n) is 2.88. The molecule has 25 heavy (non-hydrogen) atoms. The van der Waals surface area contributed by atoms with E-state index in [4.69, 9.17) is 0 Å². The summed E-state index contributed by atoms with van der Waals surface area (Å²) < 4.78 is 3.99. The molecule has 4 aromatic rings. The number of nitrogens with zero attached hydrogens (tertiary/aromatic N) is 4. The van der Waals surface area contributed by atoms with Crippen LogP contribution in [0, 0.1) is 13.8 Å². The van der Waals surface area contributed by atoms with Crippen LogP contribution in [0.15, 0.2) is 78.2 Å². The van der Waals surface area contributed by atoms with Crippen molar-refractivity contribution in [1.82, 2.24) is 9.66 Å². The molecular formula is C21H19N4+. The molecule has 0 N–H and O–H groups in total. The van der Waals surface area contributed by atoms with Gasteiger partial charge in [-0.1, -0.05) is 65.6 Å². The van der Waals surface area contributed by atoms with Gasteiger partial charge in [0.25, 0.3) is 0 Å². The second-order valence-electron chi connectivity index (χ2n) is 6.04. The van der Waals surface area contributed by atoms with E-state index >= 15 is 0 Å². The highest BCUT2D eigenvalue weighted by atomic mass is 15.4. The topological polar surface area (TPSA) is 34.3 Å². The Morgan fingerprint density at radius 1 is 0.960 bits per heavy atom. The third-order valence-electron chi connectivity index (χ3n) is 4.37. The van der Waals surface area contributed by atoms with Crippen LogP contribution in [-0.4, -0.2) is 15.9 Å². The molecule has 0 fully saturated rings. The number of hydrogen-bond acceptors (Lipinski definition) is 2. The largest absolute Gasteiger partial charge is 0.428 e. The number of aryl methyl sites for hydroxylation is 2. The molecule has 0 atom stereocenters. The first-order chi connectivity index (χ1) is 12.2. The maximum Gasteiger partial charge on any atom is 0.428 e. The lowest BCUT2D eigenvalue weighted by Crippen LogP contribution is -2.29. The second kappa shape index (κ2) is 6.32. The molecule has 2 heterocycles. The summed E-state index contributed by atoms with van der Waals surface area (Å²) in [5.74, 6) is 0.800. The molecule has 0 saturated carbocycles. The number of aromatic nitrogens is 3. The molecule has 0 spiro atoms. The standard InChI is InChI=1S/C21H19N4/c1-16-13-22-21-24(23-14-18-9-5-3-6-10-18)15-20(25(21)17(16)2)19-11-7-4-8-12-19/h3-15H,1-2H3/q+1. The Balaban J connectivity index is 1.91. The molecule has 0 radical (unpaired) electrons. The average molecular weight is 327 g/mol. The summed E-state index contributed by atoms with van der Waals surface area (Å²) in [6.45, 7) is 4.19. The Labute approximate surface area is 146 Å². The molecule has 122 valence electrons. The summed E-state index contributed by atoms with van der Waals surface area (Å²) >= 11 is 0. The van der Waals surface area contributed by atoms with Crippen molar-refractivity contribution in [2.75, 3.05) is 0 Å². The summed E-state index contributed by atoms with van der Waals surface area (Å²) in [6.07, 6.45) is 5.78. The van der Waals surface area contributed by atoms with Crippen molar-refractivity contribution in [3.8, 4) is 11.3 Å². The van der Waals surface area contributed by atoms with E-state index in [1.807, 2.05) is 71.8 Å². The molecule has 4 rings (SSSR count). The van der Waals surface area contributed by atoms with Crippen LogP contribution < -0.4 is 4.40 Å². The van der Waals surface area contributed by atoms with E-state index in [-0.39, 0.29) is 0 Å². The smallest absolute Gasteiger partial charge is 0.194 e. The molecule has 2 aromatic heterocycles. The Morgan fingerprint density at radius 2 is 1.64 bits per heavy atom. The summed E-state index contributed by atoms with van der Waals surface area (Å²) in [4.78, 5) is 4.61. The van der Waals surface area contributed by atoms with Gasteiger partial charge in [0.2, 0.25) is 0 Å². The maximum absolute atomic E-state index is 4.63. The van der Waals surface area contributed by atoms with Gasteiger partial charge in [0, 0.05) is 11.1 Å². The Morgan fingerprint density at radius 3 is 2.36 bits per heavy atom. The van der Waals surface area contributed by atoms with Gasteiger partial charge in [-0.15, -0.1) is 9.78 Å². The van der Waals surface area contributed by atoms with Gasteiger partial charge in [-0.2, -0.15) is 4.40 Å². The molecule has 0 bridgehead atoms. The zero-order valence-corrected chi connectivity index (χ0v) is 14.3. The molecule has 2 aromatic carbocycles. The van der Waals surface area contributed by atoms with Gasteiger partial charge in [-0.3, -0.25) is 0 Å². The quantitative estimate of drug-likeness (QED) is 0.416. The van der Waals surface area contributed by atoms with Gasteiger partial charge in [0.05, 0.1) is 11.9 Å². The monoisotopic (exact) mass is 327 g/mol. The highest BCUT2D eigenvalue weighted by Gasteiger charge is 2.21. The molecule has 0 unspecified atom stereocenters. The van der Waals surface area contributed by atoms with Crippen LogP contribution in [0.25, 0.3) is 17.0 Å². The molecule has 4 heteroatoms. The maximum atomic E-state index is 4.63. The van der Waals surface area contributed by atoms with Crippen LogP contribution in [0.3, 0.4) is 0 Å². The molecule has 0 aliphatic rings. The SMILES string of the molecule is Cc1cnc2n(N=Cc3ccccc3)cc(-c3ccccc3)[n+]2c1C. The van der Waals surface area contributed by atoms with Crippen LogP contribution in [-0.2, 0) is 0 Å². The van der Waals surface area contributed by atoms with Crippen molar-refractivity contribution in [1.29, 1.82) is 0 Å². The van der Waals surface area contributed by atoms with Crippen LogP contribution in [0.2, 0.25) is 0 Å². The molecule has 0 saturated heterocycles. The van der Waals surface area contributed by atoms with Gasteiger partial charge >= 0.3 is 5.78 Å². The van der Waals surface area contributed by atoms with Crippen LogP contribution in [0.1, 0.15) is 16.8 Å². The van der Waals surface area contributed by atoms with Gasteiger partial charge in [0.15, 0.2) is 0 Å². The molecular weight excluding hydrogens is 308 g/mol. The van der Waals surface area contributed by atoms with Crippen LogP contribution >= 0.6 is 0 Å². The van der Waals surface area contributed by atoms with E-state index in [1.165, 1.54) is 0 Å². The van der Waals surface area contributed by atoms with Crippen molar-refractivity contribution in [3.63, 3.8) is 0 Å². The number of rotatable bonds is 3. The minimum absolute atomic E-state index is 0.800. The Kier molecular flexibility index (Phi) is 3.86. The zero-order chi connectivity index (χ0) is 17.2. The minimum Gasteiger partial charge on any atom is -0.194 e. The average Bonchev–Trinajstić information content (AvgIpc) is 3.04. The second-order valence-corrected chi connectivity index (χ2v) is 6.04. The van der Waals surface area contributed by atoms with Crippen molar-refractivity contribution < 1.29 is 4.40 Å². The normalized spacial score (nSPS) is 11.4. The third-order valence-corrected chi connectivity index (χ3v) is 4.37. The number of benzene rings is 2. The highest BCUT2D eigenvalue weighted by Crippen LogP contribution is 2.18. The predicted molar refractivity (Wildman–Crippen MR) is 99.7 cm³/mol.